The first-order chi connectivity index (χ1) is 8.22. The van der Waals surface area contributed by atoms with Gasteiger partial charge in [-0.2, -0.15) is 0 Å². The number of carbonyl (C=O) groups is 1. The van der Waals surface area contributed by atoms with Gasteiger partial charge in [-0.3, -0.25) is 4.79 Å². The molecule has 1 amide bonds. The highest BCUT2D eigenvalue weighted by molar-refractivity contribution is 7.13. The molecule has 0 aromatic carbocycles. The molecular formula is C10H17N3O3S. The highest BCUT2D eigenvalue weighted by Crippen LogP contribution is 2.10. The molecule has 0 spiro atoms. The first-order valence-corrected chi connectivity index (χ1v) is 6.13. The van der Waals surface area contributed by atoms with Gasteiger partial charge in [-0.15, -0.1) is 11.3 Å². The van der Waals surface area contributed by atoms with Gasteiger partial charge >= 0.3 is 0 Å². The number of ether oxygens (including phenoxy) is 2. The Morgan fingerprint density at radius 1 is 1.53 bits per heavy atom. The maximum absolute atomic E-state index is 11.4. The lowest BCUT2D eigenvalue weighted by atomic mass is 10.3. The average molecular weight is 259 g/mol. The van der Waals surface area contributed by atoms with Crippen molar-refractivity contribution in [3.8, 4) is 0 Å². The molecule has 6 nitrogen and oxygen atoms in total. The molecule has 3 N–H and O–H groups in total. The number of hydrogen-bond acceptors (Lipinski definition) is 6. The van der Waals surface area contributed by atoms with E-state index in [2.05, 4.69) is 10.3 Å². The number of nitrogen functional groups attached to an aromatic ring is 1. The van der Waals surface area contributed by atoms with Gasteiger partial charge in [0.2, 0.25) is 5.91 Å². The van der Waals surface area contributed by atoms with Crippen molar-refractivity contribution in [3.05, 3.63) is 11.1 Å². The van der Waals surface area contributed by atoms with E-state index in [4.69, 9.17) is 15.2 Å². The lowest BCUT2D eigenvalue weighted by molar-refractivity contribution is -0.120. The minimum absolute atomic E-state index is 0.0781. The largest absolute Gasteiger partial charge is 0.382 e. The third kappa shape index (κ3) is 6.20. The van der Waals surface area contributed by atoms with Gasteiger partial charge in [-0.1, -0.05) is 0 Å². The van der Waals surface area contributed by atoms with Crippen molar-refractivity contribution in [1.29, 1.82) is 0 Å². The summed E-state index contributed by atoms with van der Waals surface area (Å²) >= 11 is 1.33. The molecule has 0 aliphatic heterocycles. The van der Waals surface area contributed by atoms with E-state index in [-0.39, 0.29) is 12.3 Å². The molecule has 17 heavy (non-hydrogen) atoms. The Morgan fingerprint density at radius 2 is 2.35 bits per heavy atom. The molecule has 1 aromatic heterocycles. The van der Waals surface area contributed by atoms with Crippen LogP contribution in [0.15, 0.2) is 5.38 Å². The minimum Gasteiger partial charge on any atom is -0.382 e. The van der Waals surface area contributed by atoms with Gasteiger partial charge in [0.15, 0.2) is 5.13 Å². The van der Waals surface area contributed by atoms with Crippen LogP contribution >= 0.6 is 11.3 Å². The molecule has 1 rings (SSSR count). The fourth-order valence-electron chi connectivity index (χ4n) is 1.14. The number of hydrogen-bond donors (Lipinski definition) is 2. The van der Waals surface area contributed by atoms with Gasteiger partial charge < -0.3 is 20.5 Å². The number of amides is 1. The Kier molecular flexibility index (Phi) is 6.53. The van der Waals surface area contributed by atoms with Crippen molar-refractivity contribution in [3.63, 3.8) is 0 Å². The highest BCUT2D eigenvalue weighted by atomic mass is 32.1. The van der Waals surface area contributed by atoms with Crippen molar-refractivity contribution in [1.82, 2.24) is 10.3 Å². The van der Waals surface area contributed by atoms with E-state index in [1.807, 2.05) is 0 Å². The number of methoxy groups -OCH3 is 1. The molecule has 0 saturated heterocycles. The number of rotatable bonds is 8. The summed E-state index contributed by atoms with van der Waals surface area (Å²) in [7, 11) is 1.62. The Hall–Kier alpha value is -1.18. The topological polar surface area (TPSA) is 86.5 Å². The molecule has 0 bridgehead atoms. The normalized spacial score (nSPS) is 10.4. The smallest absolute Gasteiger partial charge is 0.226 e. The SMILES string of the molecule is COCCOCCNC(=O)Cc1csc(N)n1. The molecule has 96 valence electrons. The van der Waals surface area contributed by atoms with Crippen LogP contribution in [0.5, 0.6) is 0 Å². The molecule has 0 radical (unpaired) electrons. The number of thiazole rings is 1. The average Bonchev–Trinajstić information content (AvgIpc) is 2.69. The summed E-state index contributed by atoms with van der Waals surface area (Å²) in [5.41, 5.74) is 6.17. The van der Waals surface area contributed by atoms with Crippen molar-refractivity contribution in [2.24, 2.45) is 0 Å². The van der Waals surface area contributed by atoms with Gasteiger partial charge in [-0.25, -0.2) is 4.98 Å². The van der Waals surface area contributed by atoms with E-state index in [0.717, 1.165) is 0 Å². The highest BCUT2D eigenvalue weighted by Gasteiger charge is 2.05. The van der Waals surface area contributed by atoms with Crippen LogP contribution in [-0.2, 0) is 20.7 Å². The van der Waals surface area contributed by atoms with E-state index in [9.17, 15) is 4.79 Å². The van der Waals surface area contributed by atoms with Gasteiger partial charge in [-0.05, 0) is 0 Å². The van der Waals surface area contributed by atoms with Crippen LogP contribution in [0.4, 0.5) is 5.13 Å². The Bertz CT molecular complexity index is 343. The minimum atomic E-state index is -0.0781. The fourth-order valence-corrected chi connectivity index (χ4v) is 1.70. The molecule has 0 fully saturated rings. The summed E-state index contributed by atoms with van der Waals surface area (Å²) in [4.78, 5) is 15.5. The zero-order valence-electron chi connectivity index (χ0n) is 9.77. The van der Waals surface area contributed by atoms with Crippen LogP contribution in [0.2, 0.25) is 0 Å². The first kappa shape index (κ1) is 13.9. The summed E-state index contributed by atoms with van der Waals surface area (Å²) in [6.07, 6.45) is 0.256. The second kappa shape index (κ2) is 7.99. The standard InChI is InChI=1S/C10H17N3O3S/c1-15-4-5-16-3-2-12-9(14)6-8-7-17-10(11)13-8/h7H,2-6H2,1H3,(H2,11,13)(H,12,14). The molecule has 1 aromatic rings. The number of aromatic nitrogens is 1. The van der Waals surface area contributed by atoms with E-state index >= 15 is 0 Å². The summed E-state index contributed by atoms with van der Waals surface area (Å²) in [6, 6.07) is 0. The van der Waals surface area contributed by atoms with Crippen LogP contribution in [0.25, 0.3) is 0 Å². The monoisotopic (exact) mass is 259 g/mol. The second-order valence-electron chi connectivity index (χ2n) is 3.31. The summed E-state index contributed by atoms with van der Waals surface area (Å²) in [5.74, 6) is -0.0781. The van der Waals surface area contributed by atoms with Crippen molar-refractivity contribution in [2.45, 2.75) is 6.42 Å². The third-order valence-corrected chi connectivity index (χ3v) is 2.63. The molecule has 0 aliphatic carbocycles. The Labute approximate surface area is 104 Å². The second-order valence-corrected chi connectivity index (χ2v) is 4.20. The first-order valence-electron chi connectivity index (χ1n) is 5.25. The van der Waals surface area contributed by atoms with Crippen LogP contribution in [0.3, 0.4) is 0 Å². The van der Waals surface area contributed by atoms with Gasteiger partial charge in [0.1, 0.15) is 0 Å². The van der Waals surface area contributed by atoms with Gasteiger partial charge in [0, 0.05) is 19.0 Å². The van der Waals surface area contributed by atoms with Crippen LogP contribution in [0, 0.1) is 0 Å². The Morgan fingerprint density at radius 3 is 3.00 bits per heavy atom. The molecule has 0 atom stereocenters. The van der Waals surface area contributed by atoms with Crippen molar-refractivity contribution in [2.75, 3.05) is 39.2 Å². The van der Waals surface area contributed by atoms with Crippen molar-refractivity contribution >= 4 is 22.4 Å². The predicted octanol–water partition coefficient (Wildman–Crippen LogP) is 0.0470. The van der Waals surface area contributed by atoms with E-state index in [1.54, 1.807) is 12.5 Å². The van der Waals surface area contributed by atoms with E-state index in [1.165, 1.54) is 11.3 Å². The Balaban J connectivity index is 2.05. The zero-order valence-corrected chi connectivity index (χ0v) is 10.6. The number of nitrogens with one attached hydrogen (secondary N) is 1. The van der Waals surface area contributed by atoms with E-state index in [0.29, 0.717) is 37.2 Å². The molecule has 0 unspecified atom stereocenters. The van der Waals surface area contributed by atoms with Crippen LogP contribution in [-0.4, -0.2) is 44.4 Å². The van der Waals surface area contributed by atoms with Gasteiger partial charge in [0.05, 0.1) is 31.9 Å². The number of nitrogens with zero attached hydrogens (tertiary/aromatic N) is 1. The molecular weight excluding hydrogens is 242 g/mol. The molecule has 0 aliphatic rings. The van der Waals surface area contributed by atoms with Gasteiger partial charge in [0.25, 0.3) is 0 Å². The summed E-state index contributed by atoms with van der Waals surface area (Å²) < 4.78 is 10.0. The van der Waals surface area contributed by atoms with Crippen LogP contribution < -0.4 is 11.1 Å². The lowest BCUT2D eigenvalue weighted by Crippen LogP contribution is -2.29. The fraction of sp³-hybridized carbons (Fsp3) is 0.600. The molecule has 7 heteroatoms. The number of anilines is 1. The maximum Gasteiger partial charge on any atom is 0.226 e. The van der Waals surface area contributed by atoms with Crippen LogP contribution in [0.1, 0.15) is 5.69 Å². The maximum atomic E-state index is 11.4. The number of carbonyl (C=O) groups excluding carboxylic acids is 1. The lowest BCUT2D eigenvalue weighted by Gasteiger charge is -2.05. The van der Waals surface area contributed by atoms with E-state index < -0.39 is 0 Å². The summed E-state index contributed by atoms with van der Waals surface area (Å²) in [5, 5.41) is 5.00. The number of nitrogens with two attached hydrogens (primary N) is 1. The zero-order chi connectivity index (χ0) is 12.5. The predicted molar refractivity (Wildman–Crippen MR) is 65.9 cm³/mol. The summed E-state index contributed by atoms with van der Waals surface area (Å²) in [6.45, 7) is 2.07. The quantitative estimate of drug-likeness (QED) is 0.644. The third-order valence-electron chi connectivity index (χ3n) is 1.91. The molecule has 0 saturated carbocycles. The van der Waals surface area contributed by atoms with Crippen molar-refractivity contribution < 1.29 is 14.3 Å². The molecule has 1 heterocycles.